The quantitative estimate of drug-likeness (QED) is 0.720. The third-order valence-corrected chi connectivity index (χ3v) is 5.08. The Labute approximate surface area is 169 Å². The van der Waals surface area contributed by atoms with Crippen LogP contribution in [0.15, 0.2) is 61.2 Å². The molecule has 148 valence electrons. The van der Waals surface area contributed by atoms with Crippen molar-refractivity contribution in [2.75, 3.05) is 30.4 Å². The van der Waals surface area contributed by atoms with Crippen LogP contribution in [0.3, 0.4) is 0 Å². The topological polar surface area (TPSA) is 80.2 Å². The Hall–Kier alpha value is -3.48. The lowest BCUT2D eigenvalue weighted by Crippen LogP contribution is -2.41. The largest absolute Gasteiger partial charge is 0.497 e. The average Bonchev–Trinajstić information content (AvgIpc) is 2.80. The molecule has 29 heavy (non-hydrogen) atoms. The molecule has 0 saturated carbocycles. The number of hydrogen-bond donors (Lipinski definition) is 1. The molecule has 1 aromatic carbocycles. The van der Waals surface area contributed by atoms with E-state index in [9.17, 15) is 4.79 Å². The summed E-state index contributed by atoms with van der Waals surface area (Å²) in [4.78, 5) is 27.7. The number of rotatable bonds is 5. The molecule has 0 radical (unpaired) electrons. The van der Waals surface area contributed by atoms with Crippen LogP contribution in [0.4, 0.5) is 11.5 Å². The van der Waals surface area contributed by atoms with Crippen molar-refractivity contribution in [1.82, 2.24) is 15.0 Å². The Morgan fingerprint density at radius 2 is 2.07 bits per heavy atom. The molecule has 4 rings (SSSR count). The fourth-order valence-electron chi connectivity index (χ4n) is 3.52. The minimum absolute atomic E-state index is 0.0205. The number of ether oxygens (including phenoxy) is 1. The molecule has 1 aliphatic heterocycles. The van der Waals surface area contributed by atoms with E-state index in [2.05, 4.69) is 25.2 Å². The second kappa shape index (κ2) is 8.68. The number of aromatic nitrogens is 3. The Morgan fingerprint density at radius 3 is 2.83 bits per heavy atom. The average molecular weight is 389 g/mol. The van der Waals surface area contributed by atoms with Gasteiger partial charge in [-0.15, -0.1) is 0 Å². The van der Waals surface area contributed by atoms with Crippen LogP contribution < -0.4 is 15.0 Å². The van der Waals surface area contributed by atoms with Crippen LogP contribution in [0.5, 0.6) is 5.75 Å². The van der Waals surface area contributed by atoms with Gasteiger partial charge in [-0.1, -0.05) is 0 Å². The molecule has 1 saturated heterocycles. The molecule has 0 spiro atoms. The predicted octanol–water partition coefficient (Wildman–Crippen LogP) is 3.40. The number of pyridine rings is 1. The summed E-state index contributed by atoms with van der Waals surface area (Å²) in [6.07, 6.45) is 6.72. The molecule has 3 aromatic rings. The van der Waals surface area contributed by atoms with Crippen molar-refractivity contribution in [1.29, 1.82) is 0 Å². The van der Waals surface area contributed by atoms with E-state index in [1.165, 1.54) is 0 Å². The van der Waals surface area contributed by atoms with E-state index in [4.69, 9.17) is 4.74 Å². The maximum Gasteiger partial charge on any atom is 0.229 e. The highest BCUT2D eigenvalue weighted by atomic mass is 16.5. The standard InChI is InChI=1S/C22H23N5O2/c1-29-19-8-6-16(7-9-19)20-12-21(25-15-24-20)27-11-3-4-17(14-27)22(28)26-18-5-2-10-23-13-18/h2,5-10,12-13,15,17H,3-4,11,14H2,1H3,(H,26,28). The summed E-state index contributed by atoms with van der Waals surface area (Å²) in [5, 5.41) is 2.96. The summed E-state index contributed by atoms with van der Waals surface area (Å²) in [5.74, 6) is 1.57. The molecule has 1 unspecified atom stereocenters. The van der Waals surface area contributed by atoms with Gasteiger partial charge in [0.1, 0.15) is 17.9 Å². The van der Waals surface area contributed by atoms with Crippen LogP contribution in [-0.2, 0) is 4.79 Å². The summed E-state index contributed by atoms with van der Waals surface area (Å²) in [7, 11) is 1.65. The minimum atomic E-state index is -0.0941. The summed E-state index contributed by atoms with van der Waals surface area (Å²) in [6, 6.07) is 13.4. The molecule has 3 heterocycles. The minimum Gasteiger partial charge on any atom is -0.497 e. The summed E-state index contributed by atoms with van der Waals surface area (Å²) < 4.78 is 5.22. The van der Waals surface area contributed by atoms with Crippen LogP contribution in [0.2, 0.25) is 0 Å². The Morgan fingerprint density at radius 1 is 1.21 bits per heavy atom. The van der Waals surface area contributed by atoms with Crippen molar-refractivity contribution in [2.45, 2.75) is 12.8 Å². The summed E-state index contributed by atoms with van der Waals surface area (Å²) in [6.45, 7) is 1.50. The van der Waals surface area contributed by atoms with Crippen molar-refractivity contribution in [3.8, 4) is 17.0 Å². The van der Waals surface area contributed by atoms with Gasteiger partial charge in [0.2, 0.25) is 5.91 Å². The maximum atomic E-state index is 12.7. The fourth-order valence-corrected chi connectivity index (χ4v) is 3.52. The zero-order valence-electron chi connectivity index (χ0n) is 16.3. The van der Waals surface area contributed by atoms with Gasteiger partial charge in [0, 0.05) is 30.9 Å². The third-order valence-electron chi connectivity index (χ3n) is 5.08. The first kappa shape index (κ1) is 18.9. The van der Waals surface area contributed by atoms with E-state index in [1.54, 1.807) is 25.8 Å². The first-order valence-electron chi connectivity index (χ1n) is 9.65. The number of hydrogen-bond acceptors (Lipinski definition) is 6. The molecular formula is C22H23N5O2. The second-order valence-corrected chi connectivity index (χ2v) is 7.01. The molecule has 1 amide bonds. The number of carbonyl (C=O) groups excluding carboxylic acids is 1. The van der Waals surface area contributed by atoms with E-state index in [1.807, 2.05) is 42.5 Å². The van der Waals surface area contributed by atoms with Gasteiger partial charge < -0.3 is 15.0 Å². The smallest absolute Gasteiger partial charge is 0.229 e. The zero-order chi connectivity index (χ0) is 20.1. The highest BCUT2D eigenvalue weighted by Gasteiger charge is 2.27. The van der Waals surface area contributed by atoms with Crippen molar-refractivity contribution in [2.24, 2.45) is 5.92 Å². The van der Waals surface area contributed by atoms with Crippen LogP contribution in [-0.4, -0.2) is 41.1 Å². The van der Waals surface area contributed by atoms with E-state index in [-0.39, 0.29) is 11.8 Å². The van der Waals surface area contributed by atoms with Gasteiger partial charge in [0.25, 0.3) is 0 Å². The molecular weight excluding hydrogens is 366 g/mol. The van der Waals surface area contributed by atoms with Gasteiger partial charge in [0.05, 0.1) is 30.6 Å². The molecule has 1 fully saturated rings. The Balaban J connectivity index is 1.47. The highest BCUT2D eigenvalue weighted by Crippen LogP contribution is 2.26. The first-order valence-corrected chi connectivity index (χ1v) is 9.65. The molecule has 1 N–H and O–H groups in total. The molecule has 1 atom stereocenters. The predicted molar refractivity (Wildman–Crippen MR) is 112 cm³/mol. The molecule has 7 heteroatoms. The van der Waals surface area contributed by atoms with Crippen molar-refractivity contribution in [3.05, 3.63) is 61.2 Å². The van der Waals surface area contributed by atoms with E-state index >= 15 is 0 Å². The number of nitrogens with zero attached hydrogens (tertiary/aromatic N) is 4. The van der Waals surface area contributed by atoms with Gasteiger partial charge in [-0.3, -0.25) is 9.78 Å². The summed E-state index contributed by atoms with van der Waals surface area (Å²) in [5.41, 5.74) is 2.57. The first-order chi connectivity index (χ1) is 14.2. The van der Waals surface area contributed by atoms with Gasteiger partial charge in [-0.2, -0.15) is 0 Å². The number of anilines is 2. The van der Waals surface area contributed by atoms with Crippen LogP contribution in [0.25, 0.3) is 11.3 Å². The number of nitrogens with one attached hydrogen (secondary N) is 1. The lowest BCUT2D eigenvalue weighted by molar-refractivity contribution is -0.120. The Kier molecular flexibility index (Phi) is 5.65. The van der Waals surface area contributed by atoms with E-state index in [0.29, 0.717) is 6.54 Å². The molecule has 7 nitrogen and oxygen atoms in total. The van der Waals surface area contributed by atoms with E-state index in [0.717, 1.165) is 47.9 Å². The number of carbonyl (C=O) groups is 1. The van der Waals surface area contributed by atoms with Gasteiger partial charge in [-0.05, 0) is 49.2 Å². The van der Waals surface area contributed by atoms with Crippen molar-refractivity contribution in [3.63, 3.8) is 0 Å². The third kappa shape index (κ3) is 4.51. The lowest BCUT2D eigenvalue weighted by atomic mass is 9.97. The normalized spacial score (nSPS) is 16.3. The molecule has 0 bridgehead atoms. The molecule has 0 aliphatic carbocycles. The fraction of sp³-hybridized carbons (Fsp3) is 0.273. The highest BCUT2D eigenvalue weighted by molar-refractivity contribution is 5.92. The van der Waals surface area contributed by atoms with Gasteiger partial charge in [0.15, 0.2) is 0 Å². The second-order valence-electron chi connectivity index (χ2n) is 7.01. The van der Waals surface area contributed by atoms with Crippen LogP contribution in [0.1, 0.15) is 12.8 Å². The molecule has 2 aromatic heterocycles. The molecule has 1 aliphatic rings. The number of benzene rings is 1. The maximum absolute atomic E-state index is 12.7. The van der Waals surface area contributed by atoms with Crippen molar-refractivity contribution < 1.29 is 9.53 Å². The van der Waals surface area contributed by atoms with Crippen LogP contribution >= 0.6 is 0 Å². The van der Waals surface area contributed by atoms with Gasteiger partial charge >= 0.3 is 0 Å². The zero-order valence-corrected chi connectivity index (χ0v) is 16.3. The van der Waals surface area contributed by atoms with Crippen LogP contribution in [0, 0.1) is 5.92 Å². The Bertz CT molecular complexity index is 962. The van der Waals surface area contributed by atoms with E-state index < -0.39 is 0 Å². The SMILES string of the molecule is COc1ccc(-c2cc(N3CCCC(C(=O)Nc4cccnc4)C3)ncn2)cc1. The number of methoxy groups -OCH3 is 1. The lowest BCUT2D eigenvalue weighted by Gasteiger charge is -2.32. The number of amides is 1. The monoisotopic (exact) mass is 389 g/mol. The van der Waals surface area contributed by atoms with Crippen molar-refractivity contribution >= 4 is 17.4 Å². The summed E-state index contributed by atoms with van der Waals surface area (Å²) >= 11 is 0. The number of piperidine rings is 1. The van der Waals surface area contributed by atoms with Gasteiger partial charge in [-0.25, -0.2) is 9.97 Å².